The van der Waals surface area contributed by atoms with E-state index in [0.29, 0.717) is 11.8 Å². The third-order valence-electron chi connectivity index (χ3n) is 3.52. The van der Waals surface area contributed by atoms with E-state index in [9.17, 15) is 4.79 Å². The molecule has 1 aromatic rings. The van der Waals surface area contributed by atoms with Crippen molar-refractivity contribution in [2.75, 3.05) is 13.1 Å². The van der Waals surface area contributed by atoms with Crippen LogP contribution in [0, 0.1) is 0 Å². The van der Waals surface area contributed by atoms with Gasteiger partial charge in [-0.1, -0.05) is 0 Å². The maximum absolute atomic E-state index is 11.4. The number of aromatic nitrogens is 2. The lowest BCUT2D eigenvalue weighted by molar-refractivity contribution is 0.451. The van der Waals surface area contributed by atoms with E-state index >= 15 is 0 Å². The molecule has 0 amide bonds. The Bertz CT molecular complexity index is 396. The van der Waals surface area contributed by atoms with Gasteiger partial charge in [-0.25, -0.2) is 4.79 Å². The molecule has 1 aliphatic carbocycles. The number of H-pyrrole nitrogens is 2. The largest absolute Gasteiger partial charge is 0.323 e. The second-order valence-corrected chi connectivity index (χ2v) is 4.71. The molecule has 2 aliphatic rings. The molecule has 1 aromatic heterocycles. The number of piperidine rings is 1. The first-order chi connectivity index (χ1) is 7.34. The van der Waals surface area contributed by atoms with Gasteiger partial charge in [0.25, 0.3) is 0 Å². The predicted octanol–water partition coefficient (Wildman–Crippen LogP) is 1.05. The lowest BCUT2D eigenvalue weighted by atomic mass is 9.92. The van der Waals surface area contributed by atoms with Crippen LogP contribution in [-0.2, 0) is 0 Å². The number of imidazole rings is 1. The first-order valence-electron chi connectivity index (χ1n) is 5.87. The van der Waals surface area contributed by atoms with Gasteiger partial charge in [0.1, 0.15) is 0 Å². The molecule has 1 aliphatic heterocycles. The van der Waals surface area contributed by atoms with Gasteiger partial charge >= 0.3 is 5.69 Å². The van der Waals surface area contributed by atoms with Crippen LogP contribution >= 0.6 is 0 Å². The highest BCUT2D eigenvalue weighted by Gasteiger charge is 2.31. The summed E-state index contributed by atoms with van der Waals surface area (Å²) in [6.45, 7) is 2.14. The second kappa shape index (κ2) is 3.52. The lowest BCUT2D eigenvalue weighted by Crippen LogP contribution is -2.27. The van der Waals surface area contributed by atoms with Crippen molar-refractivity contribution < 1.29 is 0 Å². The van der Waals surface area contributed by atoms with Crippen LogP contribution in [0.5, 0.6) is 0 Å². The Morgan fingerprint density at radius 3 is 1.93 bits per heavy atom. The predicted molar refractivity (Wildman–Crippen MR) is 58.2 cm³/mol. The maximum Gasteiger partial charge on any atom is 0.323 e. The van der Waals surface area contributed by atoms with Crippen molar-refractivity contribution in [2.45, 2.75) is 37.5 Å². The fourth-order valence-corrected chi connectivity index (χ4v) is 2.54. The number of hydrogen-bond donors (Lipinski definition) is 3. The molecule has 3 N–H and O–H groups in total. The van der Waals surface area contributed by atoms with Crippen LogP contribution in [-0.4, -0.2) is 23.1 Å². The molecule has 4 nitrogen and oxygen atoms in total. The lowest BCUT2D eigenvalue weighted by Gasteiger charge is -2.22. The van der Waals surface area contributed by atoms with E-state index in [-0.39, 0.29) is 5.69 Å². The molecule has 4 heteroatoms. The zero-order chi connectivity index (χ0) is 10.3. The highest BCUT2D eigenvalue weighted by Crippen LogP contribution is 2.42. The first kappa shape index (κ1) is 9.21. The van der Waals surface area contributed by atoms with Crippen LogP contribution in [0.3, 0.4) is 0 Å². The summed E-state index contributed by atoms with van der Waals surface area (Å²) in [6, 6.07) is 0. The fourth-order valence-electron chi connectivity index (χ4n) is 2.54. The minimum atomic E-state index is -0.0227. The van der Waals surface area contributed by atoms with Gasteiger partial charge in [0.05, 0.1) is 0 Å². The quantitative estimate of drug-likeness (QED) is 0.678. The summed E-state index contributed by atoms with van der Waals surface area (Å²) in [6.07, 6.45) is 4.78. The van der Waals surface area contributed by atoms with E-state index < -0.39 is 0 Å². The van der Waals surface area contributed by atoms with Gasteiger partial charge < -0.3 is 15.3 Å². The Balaban J connectivity index is 1.91. The normalized spacial score (nSPS) is 23.2. The van der Waals surface area contributed by atoms with Crippen LogP contribution in [0.1, 0.15) is 48.9 Å². The summed E-state index contributed by atoms with van der Waals surface area (Å²) < 4.78 is 0. The molecule has 15 heavy (non-hydrogen) atoms. The minimum absolute atomic E-state index is 0.0227. The number of hydrogen-bond acceptors (Lipinski definition) is 2. The number of aromatic amines is 2. The average Bonchev–Trinajstić information content (AvgIpc) is 3.03. The fraction of sp³-hybridized carbons (Fsp3) is 0.727. The summed E-state index contributed by atoms with van der Waals surface area (Å²) in [5.74, 6) is 1.19. The zero-order valence-electron chi connectivity index (χ0n) is 8.81. The van der Waals surface area contributed by atoms with Crippen molar-refractivity contribution in [1.82, 2.24) is 15.3 Å². The highest BCUT2D eigenvalue weighted by atomic mass is 16.1. The zero-order valence-corrected chi connectivity index (χ0v) is 8.81. The van der Waals surface area contributed by atoms with E-state index in [1.165, 1.54) is 24.2 Å². The molecule has 0 spiro atoms. The smallest absolute Gasteiger partial charge is 0.317 e. The summed E-state index contributed by atoms with van der Waals surface area (Å²) in [5.41, 5.74) is 2.38. The summed E-state index contributed by atoms with van der Waals surface area (Å²) in [5, 5.41) is 3.35. The Morgan fingerprint density at radius 2 is 1.40 bits per heavy atom. The molecular formula is C11H17N3O. The van der Waals surface area contributed by atoms with Gasteiger partial charge in [0.15, 0.2) is 0 Å². The minimum Gasteiger partial charge on any atom is -0.317 e. The van der Waals surface area contributed by atoms with E-state index in [2.05, 4.69) is 15.3 Å². The molecular weight excluding hydrogens is 190 g/mol. The number of nitrogens with one attached hydrogen (secondary N) is 3. The Kier molecular flexibility index (Phi) is 2.16. The Hall–Kier alpha value is -1.03. The van der Waals surface area contributed by atoms with Gasteiger partial charge in [-0.15, -0.1) is 0 Å². The van der Waals surface area contributed by atoms with Crippen LogP contribution in [0.15, 0.2) is 4.79 Å². The van der Waals surface area contributed by atoms with E-state index in [1.54, 1.807) is 0 Å². The molecule has 1 saturated heterocycles. The Morgan fingerprint density at radius 1 is 0.867 bits per heavy atom. The first-order valence-corrected chi connectivity index (χ1v) is 5.87. The van der Waals surface area contributed by atoms with Crippen LogP contribution < -0.4 is 11.0 Å². The van der Waals surface area contributed by atoms with Gasteiger partial charge in [-0.2, -0.15) is 0 Å². The summed E-state index contributed by atoms with van der Waals surface area (Å²) in [4.78, 5) is 17.3. The highest BCUT2D eigenvalue weighted by molar-refractivity contribution is 5.24. The average molecular weight is 207 g/mol. The molecule has 0 unspecified atom stereocenters. The third-order valence-corrected chi connectivity index (χ3v) is 3.52. The van der Waals surface area contributed by atoms with Gasteiger partial charge in [-0.3, -0.25) is 0 Å². The molecule has 2 fully saturated rings. The maximum atomic E-state index is 11.4. The van der Waals surface area contributed by atoms with Crippen molar-refractivity contribution in [1.29, 1.82) is 0 Å². The van der Waals surface area contributed by atoms with Gasteiger partial charge in [0.2, 0.25) is 0 Å². The standard InChI is InChI=1S/C11H17N3O/c15-11-13-9(7-1-2-7)10(14-11)8-3-5-12-6-4-8/h7-8,12H,1-6H2,(H2,13,14,15). The summed E-state index contributed by atoms with van der Waals surface area (Å²) in [7, 11) is 0. The number of rotatable bonds is 2. The molecule has 0 bridgehead atoms. The summed E-state index contributed by atoms with van der Waals surface area (Å²) >= 11 is 0. The Labute approximate surface area is 88.5 Å². The van der Waals surface area contributed by atoms with Crippen LogP contribution in [0.4, 0.5) is 0 Å². The second-order valence-electron chi connectivity index (χ2n) is 4.71. The molecule has 0 radical (unpaired) electrons. The SMILES string of the molecule is O=c1[nH]c(C2CCNCC2)c(C2CC2)[nH]1. The van der Waals surface area contributed by atoms with Gasteiger partial charge in [-0.05, 0) is 38.8 Å². The van der Waals surface area contributed by atoms with Gasteiger partial charge in [0, 0.05) is 23.2 Å². The third kappa shape index (κ3) is 1.74. The van der Waals surface area contributed by atoms with Crippen LogP contribution in [0.2, 0.25) is 0 Å². The molecule has 0 atom stereocenters. The molecule has 2 heterocycles. The van der Waals surface area contributed by atoms with Crippen molar-refractivity contribution in [2.24, 2.45) is 0 Å². The monoisotopic (exact) mass is 207 g/mol. The molecule has 1 saturated carbocycles. The molecule has 3 rings (SSSR count). The molecule has 0 aromatic carbocycles. The van der Waals surface area contributed by atoms with E-state index in [1.807, 2.05) is 0 Å². The van der Waals surface area contributed by atoms with Crippen molar-refractivity contribution >= 4 is 0 Å². The van der Waals surface area contributed by atoms with Crippen LogP contribution in [0.25, 0.3) is 0 Å². The van der Waals surface area contributed by atoms with E-state index in [0.717, 1.165) is 25.9 Å². The van der Waals surface area contributed by atoms with Crippen molar-refractivity contribution in [3.05, 3.63) is 21.9 Å². The van der Waals surface area contributed by atoms with Crippen molar-refractivity contribution in [3.8, 4) is 0 Å². The van der Waals surface area contributed by atoms with Crippen molar-refractivity contribution in [3.63, 3.8) is 0 Å². The molecule has 82 valence electrons. The topological polar surface area (TPSA) is 60.7 Å². The van der Waals surface area contributed by atoms with E-state index in [4.69, 9.17) is 0 Å².